The average Bonchev–Trinajstić information content (AvgIpc) is 2.31. The van der Waals surface area contributed by atoms with Crippen LogP contribution >= 0.6 is 11.6 Å². The second-order valence-electron chi connectivity index (χ2n) is 4.16. The molecule has 0 saturated carbocycles. The van der Waals surface area contributed by atoms with E-state index in [-0.39, 0.29) is 5.75 Å². The predicted octanol–water partition coefficient (Wildman–Crippen LogP) is 4.17. The van der Waals surface area contributed by atoms with Crippen LogP contribution in [0.25, 0.3) is 0 Å². The molecule has 0 aliphatic carbocycles. The first kappa shape index (κ1) is 16.1. The predicted molar refractivity (Wildman–Crippen MR) is 69.6 cm³/mol. The molecule has 0 amide bonds. The molecule has 1 aromatic carbocycles. The van der Waals surface area contributed by atoms with Gasteiger partial charge >= 0.3 is 6.18 Å². The molecule has 0 spiro atoms. The highest BCUT2D eigenvalue weighted by molar-refractivity contribution is 6.32. The lowest BCUT2D eigenvalue weighted by atomic mass is 10.2. The van der Waals surface area contributed by atoms with Gasteiger partial charge in [0, 0.05) is 6.54 Å². The fourth-order valence-corrected chi connectivity index (χ4v) is 1.72. The highest BCUT2D eigenvalue weighted by Gasteiger charge is 2.26. The molecule has 1 aromatic rings. The van der Waals surface area contributed by atoms with Crippen molar-refractivity contribution in [3.63, 3.8) is 0 Å². The van der Waals surface area contributed by atoms with Crippen molar-refractivity contribution in [2.45, 2.75) is 32.5 Å². The number of ether oxygens (including phenoxy) is 1. The number of rotatable bonds is 7. The number of halogens is 4. The van der Waals surface area contributed by atoms with Gasteiger partial charge in [0.2, 0.25) is 0 Å². The largest absolute Gasteiger partial charge is 0.492 e. The Bertz CT molecular complexity index is 396. The van der Waals surface area contributed by atoms with E-state index >= 15 is 0 Å². The van der Waals surface area contributed by atoms with E-state index in [0.717, 1.165) is 18.5 Å². The lowest BCUT2D eigenvalue weighted by Gasteiger charge is -2.11. The normalized spacial score (nSPS) is 11.6. The Kier molecular flexibility index (Phi) is 6.45. The molecule has 1 rings (SSSR count). The van der Waals surface area contributed by atoms with Crippen molar-refractivity contribution >= 4 is 11.6 Å². The van der Waals surface area contributed by atoms with Gasteiger partial charge in [0.25, 0.3) is 0 Å². The molecular weight excluding hydrogens is 279 g/mol. The number of hydrogen-bond acceptors (Lipinski definition) is 2. The lowest BCUT2D eigenvalue weighted by Crippen LogP contribution is -2.14. The molecule has 1 N–H and O–H groups in total. The number of hydrogen-bond donors (Lipinski definition) is 1. The third kappa shape index (κ3) is 6.68. The summed E-state index contributed by atoms with van der Waals surface area (Å²) in [6.45, 7) is 3.23. The number of nitrogens with one attached hydrogen (secondary N) is 1. The zero-order valence-electron chi connectivity index (χ0n) is 10.7. The van der Waals surface area contributed by atoms with Crippen LogP contribution in [-0.2, 0) is 6.54 Å². The molecule has 0 aliphatic heterocycles. The van der Waals surface area contributed by atoms with Crippen molar-refractivity contribution in [1.29, 1.82) is 0 Å². The van der Waals surface area contributed by atoms with E-state index in [1.807, 2.05) is 0 Å². The van der Waals surface area contributed by atoms with Gasteiger partial charge in [-0.15, -0.1) is 0 Å². The molecule has 6 heteroatoms. The third-order valence-corrected chi connectivity index (χ3v) is 2.69. The van der Waals surface area contributed by atoms with Crippen LogP contribution in [0.1, 0.15) is 25.3 Å². The Labute approximate surface area is 115 Å². The van der Waals surface area contributed by atoms with E-state index in [9.17, 15) is 13.2 Å². The van der Waals surface area contributed by atoms with Gasteiger partial charge in [-0.05, 0) is 30.7 Å². The summed E-state index contributed by atoms with van der Waals surface area (Å²) >= 11 is 5.96. The fourth-order valence-electron chi connectivity index (χ4n) is 1.46. The summed E-state index contributed by atoms with van der Waals surface area (Å²) in [6, 6.07) is 5.09. The van der Waals surface area contributed by atoms with Crippen LogP contribution in [-0.4, -0.2) is 19.3 Å². The minimum Gasteiger partial charge on any atom is -0.492 e. The maximum Gasteiger partial charge on any atom is 0.392 e. The number of benzene rings is 1. The van der Waals surface area contributed by atoms with Crippen molar-refractivity contribution in [3.05, 3.63) is 28.8 Å². The van der Waals surface area contributed by atoms with E-state index in [2.05, 4.69) is 12.2 Å². The standard InChI is InChI=1S/C13H17ClF3NO/c1-2-6-18-9-10-3-4-12(11(14)8-10)19-7-5-13(15,16)17/h3-4,8,18H,2,5-7,9H2,1H3. The minimum atomic E-state index is -4.21. The quantitative estimate of drug-likeness (QED) is 0.762. The van der Waals surface area contributed by atoms with Crippen molar-refractivity contribution in [2.24, 2.45) is 0 Å². The topological polar surface area (TPSA) is 21.3 Å². The minimum absolute atomic E-state index is 0.283. The van der Waals surface area contributed by atoms with E-state index in [1.54, 1.807) is 18.2 Å². The molecule has 0 unspecified atom stereocenters. The van der Waals surface area contributed by atoms with Crippen LogP contribution in [0, 0.1) is 0 Å². The van der Waals surface area contributed by atoms with E-state index in [1.165, 1.54) is 0 Å². The summed E-state index contributed by atoms with van der Waals surface area (Å²) in [5.74, 6) is 0.283. The molecule has 0 heterocycles. The van der Waals surface area contributed by atoms with Gasteiger partial charge in [0.15, 0.2) is 0 Å². The average molecular weight is 296 g/mol. The molecule has 2 nitrogen and oxygen atoms in total. The molecule has 0 aliphatic rings. The SMILES string of the molecule is CCCNCc1ccc(OCCC(F)(F)F)c(Cl)c1. The van der Waals surface area contributed by atoms with Crippen molar-refractivity contribution in [2.75, 3.05) is 13.2 Å². The lowest BCUT2D eigenvalue weighted by molar-refractivity contribution is -0.139. The Hall–Kier alpha value is -0.940. The fraction of sp³-hybridized carbons (Fsp3) is 0.538. The molecule has 0 bridgehead atoms. The second kappa shape index (κ2) is 7.60. The maximum absolute atomic E-state index is 12.0. The number of alkyl halides is 3. The summed E-state index contributed by atoms with van der Waals surface area (Å²) < 4.78 is 40.9. The van der Waals surface area contributed by atoms with Crippen molar-refractivity contribution in [3.8, 4) is 5.75 Å². The van der Waals surface area contributed by atoms with E-state index in [4.69, 9.17) is 16.3 Å². The molecule has 0 radical (unpaired) electrons. The molecule has 0 aromatic heterocycles. The van der Waals surface area contributed by atoms with Crippen LogP contribution in [0.5, 0.6) is 5.75 Å². The molecule has 0 fully saturated rings. The van der Waals surface area contributed by atoms with Crippen LogP contribution in [0.3, 0.4) is 0 Å². The van der Waals surface area contributed by atoms with Gasteiger partial charge in [-0.25, -0.2) is 0 Å². The summed E-state index contributed by atoms with van der Waals surface area (Å²) in [6.07, 6.45) is -4.16. The van der Waals surface area contributed by atoms with Gasteiger partial charge in [-0.1, -0.05) is 24.6 Å². The Morgan fingerprint density at radius 2 is 2.05 bits per heavy atom. The van der Waals surface area contributed by atoms with Crippen molar-refractivity contribution < 1.29 is 17.9 Å². The second-order valence-corrected chi connectivity index (χ2v) is 4.56. The highest BCUT2D eigenvalue weighted by Crippen LogP contribution is 2.27. The zero-order chi connectivity index (χ0) is 14.3. The van der Waals surface area contributed by atoms with Crippen LogP contribution < -0.4 is 10.1 Å². The Morgan fingerprint density at radius 3 is 2.63 bits per heavy atom. The molecular formula is C13H17ClF3NO. The molecule has 19 heavy (non-hydrogen) atoms. The van der Waals surface area contributed by atoms with Crippen LogP contribution in [0.4, 0.5) is 13.2 Å². The highest BCUT2D eigenvalue weighted by atomic mass is 35.5. The smallest absolute Gasteiger partial charge is 0.392 e. The van der Waals surface area contributed by atoms with Crippen LogP contribution in [0.15, 0.2) is 18.2 Å². The molecule has 0 atom stereocenters. The van der Waals surface area contributed by atoms with E-state index < -0.39 is 19.2 Å². The van der Waals surface area contributed by atoms with E-state index in [0.29, 0.717) is 11.6 Å². The summed E-state index contributed by atoms with van der Waals surface area (Å²) in [5, 5.41) is 3.54. The van der Waals surface area contributed by atoms with Gasteiger partial charge in [-0.3, -0.25) is 0 Å². The molecule has 108 valence electrons. The van der Waals surface area contributed by atoms with Gasteiger partial charge in [-0.2, -0.15) is 13.2 Å². The first-order valence-electron chi connectivity index (χ1n) is 6.11. The Morgan fingerprint density at radius 1 is 1.32 bits per heavy atom. The summed E-state index contributed by atoms with van der Waals surface area (Å²) in [7, 11) is 0. The van der Waals surface area contributed by atoms with Gasteiger partial charge in [0.05, 0.1) is 18.1 Å². The monoisotopic (exact) mass is 295 g/mol. The third-order valence-electron chi connectivity index (χ3n) is 2.40. The summed E-state index contributed by atoms with van der Waals surface area (Å²) in [5.41, 5.74) is 0.974. The van der Waals surface area contributed by atoms with Gasteiger partial charge < -0.3 is 10.1 Å². The van der Waals surface area contributed by atoms with Crippen molar-refractivity contribution in [1.82, 2.24) is 5.32 Å². The Balaban J connectivity index is 2.48. The zero-order valence-corrected chi connectivity index (χ0v) is 11.4. The van der Waals surface area contributed by atoms with Crippen LogP contribution in [0.2, 0.25) is 5.02 Å². The molecule has 0 saturated heterocycles. The first-order valence-corrected chi connectivity index (χ1v) is 6.49. The first-order chi connectivity index (χ1) is 8.92. The maximum atomic E-state index is 12.0. The van der Waals surface area contributed by atoms with Gasteiger partial charge in [0.1, 0.15) is 5.75 Å². The summed E-state index contributed by atoms with van der Waals surface area (Å²) in [4.78, 5) is 0.